The van der Waals surface area contributed by atoms with Crippen molar-refractivity contribution in [2.75, 3.05) is 13.2 Å². The third kappa shape index (κ3) is 5.67. The Morgan fingerprint density at radius 2 is 1.52 bits per heavy atom. The summed E-state index contributed by atoms with van der Waals surface area (Å²) in [6.45, 7) is 12.4. The zero-order valence-electron chi connectivity index (χ0n) is 18.2. The lowest BCUT2D eigenvalue weighted by atomic mass is 9.81. The van der Waals surface area contributed by atoms with Crippen molar-refractivity contribution in [1.82, 2.24) is 0 Å². The van der Waals surface area contributed by atoms with Gasteiger partial charge in [-0.1, -0.05) is 41.5 Å². The summed E-state index contributed by atoms with van der Waals surface area (Å²) in [5.41, 5.74) is 1.53. The van der Waals surface area contributed by atoms with Gasteiger partial charge in [0.05, 0.1) is 19.3 Å². The zero-order valence-corrected chi connectivity index (χ0v) is 19.8. The molecule has 2 aromatic heterocycles. The predicted molar refractivity (Wildman–Crippen MR) is 118 cm³/mol. The number of ether oxygens (including phenoxy) is 4. The largest absolute Gasteiger partial charge is 0.396 e. The molecule has 7 heteroatoms. The SMILES string of the molecule is CC.CC.CC(C)(CO)[C@H]1OC(c2ccsc2)O[C@H]2COC(c3ccsc3)O[C@H]21. The molecule has 0 radical (unpaired) electrons. The van der Waals surface area contributed by atoms with Crippen molar-refractivity contribution >= 4 is 22.7 Å². The second kappa shape index (κ2) is 11.6. The molecular weight excluding hydrogens is 408 g/mol. The molecule has 0 bridgehead atoms. The predicted octanol–water partition coefficient (Wildman–Crippen LogP) is 5.78. The molecule has 5 atom stereocenters. The lowest BCUT2D eigenvalue weighted by Crippen LogP contribution is -2.59. The van der Waals surface area contributed by atoms with Crippen LogP contribution in [0.5, 0.6) is 0 Å². The van der Waals surface area contributed by atoms with E-state index in [1.807, 2.05) is 75.2 Å². The quantitative estimate of drug-likeness (QED) is 0.651. The molecule has 1 N–H and O–H groups in total. The van der Waals surface area contributed by atoms with E-state index < -0.39 is 18.0 Å². The normalized spacial score (nSPS) is 29.0. The molecular formula is C22H34O5S2. The van der Waals surface area contributed by atoms with Gasteiger partial charge in [0, 0.05) is 16.5 Å². The summed E-state index contributed by atoms with van der Waals surface area (Å²) in [7, 11) is 0. The lowest BCUT2D eigenvalue weighted by Gasteiger charge is -2.50. The molecule has 0 spiro atoms. The minimum atomic E-state index is -0.465. The van der Waals surface area contributed by atoms with Crippen molar-refractivity contribution in [3.8, 4) is 0 Å². The summed E-state index contributed by atoms with van der Waals surface area (Å²) in [5, 5.41) is 17.9. The Hall–Kier alpha value is -0.800. The summed E-state index contributed by atoms with van der Waals surface area (Å²) in [5.74, 6) is 0. The molecule has 2 saturated heterocycles. The van der Waals surface area contributed by atoms with Gasteiger partial charge in [-0.15, -0.1) is 0 Å². The first kappa shape index (κ1) is 24.5. The van der Waals surface area contributed by atoms with Crippen LogP contribution in [0.25, 0.3) is 0 Å². The zero-order chi connectivity index (χ0) is 21.4. The van der Waals surface area contributed by atoms with Gasteiger partial charge in [0.25, 0.3) is 0 Å². The molecule has 0 amide bonds. The summed E-state index contributed by atoms with van der Waals surface area (Å²) >= 11 is 3.22. The van der Waals surface area contributed by atoms with E-state index in [1.54, 1.807) is 22.7 Å². The van der Waals surface area contributed by atoms with Gasteiger partial charge in [-0.3, -0.25) is 0 Å². The lowest BCUT2D eigenvalue weighted by molar-refractivity contribution is -0.377. The fraction of sp³-hybridized carbons (Fsp3) is 0.636. The van der Waals surface area contributed by atoms with Crippen LogP contribution in [0.3, 0.4) is 0 Å². The highest BCUT2D eigenvalue weighted by Gasteiger charge is 2.50. The van der Waals surface area contributed by atoms with E-state index in [0.717, 1.165) is 11.1 Å². The Bertz CT molecular complexity index is 671. The van der Waals surface area contributed by atoms with E-state index >= 15 is 0 Å². The fourth-order valence-corrected chi connectivity index (χ4v) is 4.52. The van der Waals surface area contributed by atoms with Crippen molar-refractivity contribution in [2.45, 2.75) is 72.4 Å². The summed E-state index contributed by atoms with van der Waals surface area (Å²) in [6, 6.07) is 4.00. The molecule has 0 aliphatic carbocycles. The topological polar surface area (TPSA) is 57.2 Å². The van der Waals surface area contributed by atoms with Crippen LogP contribution in [0, 0.1) is 5.41 Å². The first-order chi connectivity index (χ1) is 14.1. The third-order valence-corrected chi connectivity index (χ3v) is 6.14. The van der Waals surface area contributed by atoms with E-state index in [2.05, 4.69) is 0 Å². The van der Waals surface area contributed by atoms with Crippen molar-refractivity contribution in [2.24, 2.45) is 5.41 Å². The number of thiophene rings is 2. The molecule has 0 saturated carbocycles. The van der Waals surface area contributed by atoms with Crippen LogP contribution in [-0.2, 0) is 18.9 Å². The molecule has 2 aromatic rings. The molecule has 2 aliphatic heterocycles. The highest BCUT2D eigenvalue weighted by atomic mass is 32.1. The van der Waals surface area contributed by atoms with Crippen LogP contribution in [0.2, 0.25) is 0 Å². The van der Waals surface area contributed by atoms with Gasteiger partial charge < -0.3 is 24.1 Å². The Morgan fingerprint density at radius 1 is 0.931 bits per heavy atom. The summed E-state index contributed by atoms with van der Waals surface area (Å²) in [6.07, 6.45) is -1.71. The van der Waals surface area contributed by atoms with Gasteiger partial charge in [0.2, 0.25) is 0 Å². The summed E-state index contributed by atoms with van der Waals surface area (Å²) < 4.78 is 24.5. The number of hydrogen-bond acceptors (Lipinski definition) is 7. The van der Waals surface area contributed by atoms with Crippen LogP contribution >= 0.6 is 22.7 Å². The average molecular weight is 443 g/mol. The minimum Gasteiger partial charge on any atom is -0.396 e. The maximum atomic E-state index is 9.90. The van der Waals surface area contributed by atoms with E-state index in [4.69, 9.17) is 18.9 Å². The second-order valence-corrected chi connectivity index (χ2v) is 8.65. The third-order valence-electron chi connectivity index (χ3n) is 4.73. The molecule has 0 aromatic carbocycles. The van der Waals surface area contributed by atoms with Gasteiger partial charge >= 0.3 is 0 Å². The second-order valence-electron chi connectivity index (χ2n) is 7.09. The highest BCUT2D eigenvalue weighted by molar-refractivity contribution is 7.08. The van der Waals surface area contributed by atoms with Gasteiger partial charge in [-0.25, -0.2) is 0 Å². The Labute approximate surface area is 182 Å². The van der Waals surface area contributed by atoms with E-state index in [1.165, 1.54) is 0 Å². The van der Waals surface area contributed by atoms with Gasteiger partial charge in [-0.2, -0.15) is 22.7 Å². The molecule has 2 aliphatic rings. The van der Waals surface area contributed by atoms with Crippen molar-refractivity contribution in [3.63, 3.8) is 0 Å². The molecule has 29 heavy (non-hydrogen) atoms. The van der Waals surface area contributed by atoms with Crippen molar-refractivity contribution in [3.05, 3.63) is 44.8 Å². The number of fused-ring (bicyclic) bond motifs is 1. The van der Waals surface area contributed by atoms with Gasteiger partial charge in [0.15, 0.2) is 12.6 Å². The van der Waals surface area contributed by atoms with Crippen LogP contribution in [-0.4, -0.2) is 36.6 Å². The average Bonchev–Trinajstić information content (AvgIpc) is 3.50. The highest BCUT2D eigenvalue weighted by Crippen LogP contribution is 2.43. The number of rotatable bonds is 4. The van der Waals surface area contributed by atoms with Crippen LogP contribution < -0.4 is 0 Å². The van der Waals surface area contributed by atoms with Gasteiger partial charge in [-0.05, 0) is 33.7 Å². The fourth-order valence-electron chi connectivity index (χ4n) is 3.20. The maximum Gasteiger partial charge on any atom is 0.185 e. The van der Waals surface area contributed by atoms with Crippen LogP contribution in [0.4, 0.5) is 0 Å². The standard InChI is InChI=1S/C18H22O5S2.2C2H6/c1-18(2,10-19)15-14-13(21-17(23-15)12-4-6-25-9-12)7-20-16(22-14)11-3-5-24-8-11;2*1-2/h3-6,8-9,13-17,19H,7,10H2,1-2H3;2*1-2H3/t13-,14+,15-,16?,17?;;/m0../s1. The van der Waals surface area contributed by atoms with Crippen LogP contribution in [0.1, 0.15) is 65.2 Å². The molecule has 4 rings (SSSR count). The number of aliphatic hydroxyl groups excluding tert-OH is 1. The number of aliphatic hydroxyl groups is 1. The smallest absolute Gasteiger partial charge is 0.185 e. The Kier molecular flexibility index (Phi) is 9.75. The monoisotopic (exact) mass is 442 g/mol. The molecule has 5 nitrogen and oxygen atoms in total. The molecule has 164 valence electrons. The Morgan fingerprint density at radius 3 is 2.03 bits per heavy atom. The maximum absolute atomic E-state index is 9.90. The van der Waals surface area contributed by atoms with Crippen molar-refractivity contribution < 1.29 is 24.1 Å². The molecule has 2 unspecified atom stereocenters. The van der Waals surface area contributed by atoms with E-state index in [9.17, 15) is 5.11 Å². The van der Waals surface area contributed by atoms with E-state index in [-0.39, 0.29) is 24.9 Å². The van der Waals surface area contributed by atoms with E-state index in [0.29, 0.717) is 6.61 Å². The molecule has 2 fully saturated rings. The van der Waals surface area contributed by atoms with Crippen molar-refractivity contribution in [1.29, 1.82) is 0 Å². The van der Waals surface area contributed by atoms with Crippen LogP contribution in [0.15, 0.2) is 33.7 Å². The van der Waals surface area contributed by atoms with Gasteiger partial charge in [0.1, 0.15) is 12.2 Å². The first-order valence-corrected chi connectivity index (χ1v) is 12.2. The molecule has 4 heterocycles. The minimum absolute atomic E-state index is 0.00454. The first-order valence-electron chi connectivity index (χ1n) is 10.3. The summed E-state index contributed by atoms with van der Waals surface area (Å²) in [4.78, 5) is 0. The Balaban J connectivity index is 0.000000707. The number of hydrogen-bond donors (Lipinski definition) is 1.